The zero-order valence-corrected chi connectivity index (χ0v) is 13.0. The molecule has 1 aromatic heterocycles. The van der Waals surface area contributed by atoms with Crippen LogP contribution in [0.4, 0.5) is 5.69 Å². The molecule has 1 aromatic carbocycles. The van der Waals surface area contributed by atoms with Crippen LogP contribution in [-0.2, 0) is 11.2 Å². The van der Waals surface area contributed by atoms with Crippen molar-refractivity contribution in [1.82, 2.24) is 4.98 Å². The molecule has 0 aliphatic rings. The van der Waals surface area contributed by atoms with Crippen LogP contribution in [0.2, 0.25) is 0 Å². The number of rotatable bonds is 5. The van der Waals surface area contributed by atoms with Gasteiger partial charge >= 0.3 is 0 Å². The fourth-order valence-electron chi connectivity index (χ4n) is 1.80. The second-order valence-corrected chi connectivity index (χ2v) is 5.99. The number of aromatic nitrogens is 1. The number of carbonyl (C=O) groups is 1. The summed E-state index contributed by atoms with van der Waals surface area (Å²) in [6.45, 7) is 4.39. The van der Waals surface area contributed by atoms with Crippen LogP contribution in [0.1, 0.15) is 17.5 Å². The molecule has 0 atom stereocenters. The van der Waals surface area contributed by atoms with Gasteiger partial charge in [0.25, 0.3) is 0 Å². The molecule has 2 N–H and O–H groups in total. The molecule has 106 valence electrons. The smallest absolute Gasteiger partial charge is 0.229 e. The van der Waals surface area contributed by atoms with E-state index in [1.165, 1.54) is 11.3 Å². The molecule has 0 bridgehead atoms. The third-order valence-corrected chi connectivity index (χ3v) is 4.04. The Morgan fingerprint density at radius 1 is 1.45 bits per heavy atom. The van der Waals surface area contributed by atoms with Crippen molar-refractivity contribution in [2.24, 2.45) is 0 Å². The third-order valence-electron chi connectivity index (χ3n) is 2.71. The van der Waals surface area contributed by atoms with Crippen molar-refractivity contribution in [3.8, 4) is 5.75 Å². The van der Waals surface area contributed by atoms with E-state index in [0.717, 1.165) is 10.6 Å². The number of anilines is 1. The third kappa shape index (κ3) is 3.68. The van der Waals surface area contributed by atoms with Crippen molar-refractivity contribution < 1.29 is 9.53 Å². The van der Waals surface area contributed by atoms with E-state index in [2.05, 4.69) is 10.3 Å². The molecule has 0 fully saturated rings. The van der Waals surface area contributed by atoms with Crippen LogP contribution in [-0.4, -0.2) is 17.5 Å². The van der Waals surface area contributed by atoms with Gasteiger partial charge in [-0.15, -0.1) is 11.3 Å². The van der Waals surface area contributed by atoms with E-state index in [1.807, 2.05) is 38.1 Å². The summed E-state index contributed by atoms with van der Waals surface area (Å²) >= 11 is 6.50. The van der Waals surface area contributed by atoms with Crippen LogP contribution in [0.25, 0.3) is 0 Å². The Balaban J connectivity index is 2.08. The number of H-pyrrole nitrogens is 1. The van der Waals surface area contributed by atoms with Crippen molar-refractivity contribution in [2.45, 2.75) is 20.3 Å². The van der Waals surface area contributed by atoms with Crippen molar-refractivity contribution in [3.63, 3.8) is 0 Å². The Morgan fingerprint density at radius 3 is 2.85 bits per heavy atom. The molecule has 6 heteroatoms. The SMILES string of the molecule is CCOc1ccccc1NC(=O)Cc1sc(=S)[nH]c1C. The summed E-state index contributed by atoms with van der Waals surface area (Å²) in [6.07, 6.45) is 0.310. The van der Waals surface area contributed by atoms with Gasteiger partial charge in [0.15, 0.2) is 3.95 Å². The lowest BCUT2D eigenvalue weighted by molar-refractivity contribution is -0.115. The van der Waals surface area contributed by atoms with Gasteiger partial charge < -0.3 is 15.0 Å². The highest BCUT2D eigenvalue weighted by atomic mass is 32.1. The van der Waals surface area contributed by atoms with Gasteiger partial charge in [0.2, 0.25) is 5.91 Å². The highest BCUT2D eigenvalue weighted by Gasteiger charge is 2.11. The van der Waals surface area contributed by atoms with Gasteiger partial charge in [0, 0.05) is 10.6 Å². The maximum Gasteiger partial charge on any atom is 0.229 e. The van der Waals surface area contributed by atoms with Crippen molar-refractivity contribution in [3.05, 3.63) is 38.8 Å². The van der Waals surface area contributed by atoms with E-state index < -0.39 is 0 Å². The molecular formula is C14H16N2O2S2. The largest absolute Gasteiger partial charge is 0.492 e. The second-order valence-electron chi connectivity index (χ2n) is 4.22. The minimum absolute atomic E-state index is 0.0782. The molecule has 1 heterocycles. The van der Waals surface area contributed by atoms with Crippen molar-refractivity contribution in [2.75, 3.05) is 11.9 Å². The summed E-state index contributed by atoms with van der Waals surface area (Å²) in [5, 5.41) is 2.88. The van der Waals surface area contributed by atoms with E-state index >= 15 is 0 Å². The van der Waals surface area contributed by atoms with E-state index in [-0.39, 0.29) is 5.91 Å². The predicted octanol–water partition coefficient (Wildman–Crippen LogP) is 3.69. The molecule has 0 aliphatic heterocycles. The summed E-state index contributed by atoms with van der Waals surface area (Å²) < 4.78 is 6.18. The summed E-state index contributed by atoms with van der Waals surface area (Å²) in [4.78, 5) is 16.1. The number of nitrogens with one attached hydrogen (secondary N) is 2. The number of aromatic amines is 1. The summed E-state index contributed by atoms with van der Waals surface area (Å²) in [5.41, 5.74) is 1.64. The van der Waals surface area contributed by atoms with Gasteiger partial charge in [-0.2, -0.15) is 0 Å². The zero-order valence-electron chi connectivity index (χ0n) is 11.4. The Bertz CT molecular complexity index is 661. The van der Waals surface area contributed by atoms with Crippen LogP contribution >= 0.6 is 23.6 Å². The molecule has 2 rings (SSSR count). The number of carbonyl (C=O) groups excluding carboxylic acids is 1. The van der Waals surface area contributed by atoms with Gasteiger partial charge in [-0.25, -0.2) is 0 Å². The average molecular weight is 308 g/mol. The first-order valence-electron chi connectivity index (χ1n) is 6.30. The molecule has 2 aromatic rings. The lowest BCUT2D eigenvalue weighted by Crippen LogP contribution is -2.15. The normalized spacial score (nSPS) is 10.3. The number of benzene rings is 1. The van der Waals surface area contributed by atoms with Gasteiger partial charge in [-0.1, -0.05) is 12.1 Å². The summed E-state index contributed by atoms with van der Waals surface area (Å²) in [6, 6.07) is 7.41. The number of thiazole rings is 1. The maximum absolute atomic E-state index is 12.1. The van der Waals surface area contributed by atoms with Crippen molar-refractivity contribution in [1.29, 1.82) is 0 Å². The lowest BCUT2D eigenvalue weighted by Gasteiger charge is -2.10. The van der Waals surface area contributed by atoms with Gasteiger partial charge in [-0.05, 0) is 38.2 Å². The standard InChI is InChI=1S/C14H16N2O2S2/c1-3-18-11-7-5-4-6-10(11)16-13(17)8-12-9(2)15-14(19)20-12/h4-7H,3,8H2,1-2H3,(H,15,19)(H,16,17). The average Bonchev–Trinajstić information content (AvgIpc) is 2.70. The van der Waals surface area contributed by atoms with E-state index in [1.54, 1.807) is 0 Å². The molecule has 0 saturated carbocycles. The molecule has 0 aliphatic carbocycles. The fraction of sp³-hybridized carbons (Fsp3) is 0.286. The molecular weight excluding hydrogens is 292 g/mol. The predicted molar refractivity (Wildman–Crippen MR) is 84.2 cm³/mol. The van der Waals surface area contributed by atoms with Gasteiger partial charge in [0.1, 0.15) is 5.75 Å². The van der Waals surface area contributed by atoms with Crippen LogP contribution in [0, 0.1) is 10.9 Å². The second kappa shape index (κ2) is 6.67. The molecule has 0 radical (unpaired) electrons. The van der Waals surface area contributed by atoms with E-state index in [4.69, 9.17) is 17.0 Å². The zero-order chi connectivity index (χ0) is 14.5. The van der Waals surface area contributed by atoms with Crippen LogP contribution in [0.5, 0.6) is 5.75 Å². The Morgan fingerprint density at radius 2 is 2.20 bits per heavy atom. The Kier molecular flexibility index (Phi) is 4.92. The molecule has 1 amide bonds. The molecule has 20 heavy (non-hydrogen) atoms. The summed E-state index contributed by atoms with van der Waals surface area (Å²) in [7, 11) is 0. The Labute approximate surface area is 126 Å². The number of para-hydroxylation sites is 2. The number of ether oxygens (including phenoxy) is 1. The first-order chi connectivity index (χ1) is 9.60. The monoisotopic (exact) mass is 308 g/mol. The maximum atomic E-state index is 12.1. The van der Waals surface area contributed by atoms with Crippen LogP contribution < -0.4 is 10.1 Å². The number of amides is 1. The topological polar surface area (TPSA) is 54.1 Å². The quantitative estimate of drug-likeness (QED) is 0.828. The number of aryl methyl sites for hydroxylation is 1. The first kappa shape index (κ1) is 14.7. The minimum atomic E-state index is -0.0782. The highest BCUT2D eigenvalue weighted by Crippen LogP contribution is 2.24. The van der Waals surface area contributed by atoms with Gasteiger partial charge in [-0.3, -0.25) is 4.79 Å². The fourth-order valence-corrected chi connectivity index (χ4v) is 3.09. The molecule has 4 nitrogen and oxygen atoms in total. The van der Waals surface area contributed by atoms with Crippen molar-refractivity contribution >= 4 is 35.1 Å². The van der Waals surface area contributed by atoms with Gasteiger partial charge in [0.05, 0.1) is 18.7 Å². The van der Waals surface area contributed by atoms with Crippen LogP contribution in [0.15, 0.2) is 24.3 Å². The molecule has 0 unspecified atom stereocenters. The highest BCUT2D eigenvalue weighted by molar-refractivity contribution is 7.73. The van der Waals surface area contributed by atoms with E-state index in [9.17, 15) is 4.79 Å². The number of hydrogen-bond acceptors (Lipinski definition) is 4. The Hall–Kier alpha value is -1.66. The van der Waals surface area contributed by atoms with Crippen LogP contribution in [0.3, 0.4) is 0 Å². The summed E-state index contributed by atoms with van der Waals surface area (Å²) in [5.74, 6) is 0.604. The molecule has 0 spiro atoms. The first-order valence-corrected chi connectivity index (χ1v) is 7.53. The minimum Gasteiger partial charge on any atom is -0.492 e. The van der Waals surface area contributed by atoms with E-state index in [0.29, 0.717) is 28.4 Å². The molecule has 0 saturated heterocycles. The lowest BCUT2D eigenvalue weighted by atomic mass is 10.2. The number of hydrogen-bond donors (Lipinski definition) is 2.